The molecular weight excluding hydrogens is 340 g/mol. The molecule has 1 aliphatic rings. The Morgan fingerprint density at radius 2 is 1.88 bits per heavy atom. The van der Waals surface area contributed by atoms with Crippen molar-refractivity contribution in [3.8, 4) is 0 Å². The lowest BCUT2D eigenvalue weighted by Gasteiger charge is -2.13. The Labute approximate surface area is 152 Å². The molecule has 6 nitrogen and oxygen atoms in total. The molecule has 1 aromatic carbocycles. The molecule has 0 spiro atoms. The van der Waals surface area contributed by atoms with E-state index < -0.39 is 5.97 Å². The maximum absolute atomic E-state index is 12.3. The van der Waals surface area contributed by atoms with Crippen LogP contribution in [0.3, 0.4) is 0 Å². The second kappa shape index (κ2) is 9.46. The van der Waals surface area contributed by atoms with Crippen LogP contribution >= 0.6 is 11.8 Å². The molecule has 0 radical (unpaired) electrons. The smallest absolute Gasteiger partial charge is 0.339 e. The van der Waals surface area contributed by atoms with Crippen LogP contribution in [0.25, 0.3) is 0 Å². The molecule has 0 atom stereocenters. The van der Waals surface area contributed by atoms with Gasteiger partial charge in [-0.1, -0.05) is 25.0 Å². The van der Waals surface area contributed by atoms with Crippen LogP contribution in [0.4, 0.5) is 0 Å². The maximum Gasteiger partial charge on any atom is 0.339 e. The third kappa shape index (κ3) is 6.08. The predicted octanol–water partition coefficient (Wildman–Crippen LogP) is 2.08. The van der Waals surface area contributed by atoms with Crippen molar-refractivity contribution in [2.24, 2.45) is 0 Å². The lowest BCUT2D eigenvalue weighted by atomic mass is 10.2. The lowest BCUT2D eigenvalue weighted by molar-refractivity contribution is -0.126. The van der Waals surface area contributed by atoms with Gasteiger partial charge in [0.25, 0.3) is 5.91 Å². The number of carbonyl (C=O) groups excluding carboxylic acids is 3. The molecule has 1 aliphatic carbocycles. The fourth-order valence-corrected chi connectivity index (χ4v) is 3.60. The molecule has 1 fully saturated rings. The zero-order valence-electron chi connectivity index (χ0n) is 14.6. The Morgan fingerprint density at radius 3 is 2.56 bits per heavy atom. The highest BCUT2D eigenvalue weighted by Gasteiger charge is 2.19. The Hall–Kier alpha value is -2.02. The maximum atomic E-state index is 12.3. The van der Waals surface area contributed by atoms with Crippen LogP contribution in [0, 0.1) is 0 Å². The summed E-state index contributed by atoms with van der Waals surface area (Å²) in [6.45, 7) is -0.287. The Kier molecular flexibility index (Phi) is 7.31. The highest BCUT2D eigenvalue weighted by Crippen LogP contribution is 2.23. The second-order valence-electron chi connectivity index (χ2n) is 6.20. The van der Waals surface area contributed by atoms with Crippen molar-refractivity contribution < 1.29 is 19.1 Å². The molecule has 2 amide bonds. The Morgan fingerprint density at radius 1 is 1.20 bits per heavy atom. The van der Waals surface area contributed by atoms with Crippen molar-refractivity contribution in [1.82, 2.24) is 10.2 Å². The normalized spacial score (nSPS) is 14.2. The van der Waals surface area contributed by atoms with Crippen LogP contribution in [0.2, 0.25) is 0 Å². The van der Waals surface area contributed by atoms with Crippen molar-refractivity contribution in [2.45, 2.75) is 36.6 Å². The first-order valence-corrected chi connectivity index (χ1v) is 9.34. The van der Waals surface area contributed by atoms with Crippen LogP contribution < -0.4 is 5.32 Å². The fraction of sp³-hybridized carbons (Fsp3) is 0.500. The molecule has 1 N–H and O–H groups in total. The largest absolute Gasteiger partial charge is 0.452 e. The van der Waals surface area contributed by atoms with Gasteiger partial charge in [0.05, 0.1) is 11.3 Å². The molecule has 2 rings (SSSR count). The van der Waals surface area contributed by atoms with Gasteiger partial charge in [-0.25, -0.2) is 4.79 Å². The van der Waals surface area contributed by atoms with E-state index in [4.69, 9.17) is 4.74 Å². The van der Waals surface area contributed by atoms with Crippen LogP contribution in [0.5, 0.6) is 0 Å². The number of hydrogen-bond acceptors (Lipinski definition) is 5. The standard InChI is InChI=1S/C18H24N2O4S/c1-20(2)17(22)12-25-15-10-6-5-9-14(15)18(23)24-11-16(21)19-13-7-3-4-8-13/h5-6,9-10,13H,3-4,7-8,11-12H2,1-2H3,(H,19,21). The van der Waals surface area contributed by atoms with Crippen LogP contribution in [0.1, 0.15) is 36.0 Å². The average molecular weight is 364 g/mol. The van der Waals surface area contributed by atoms with Crippen LogP contribution in [-0.2, 0) is 14.3 Å². The molecule has 0 aromatic heterocycles. The summed E-state index contributed by atoms with van der Waals surface area (Å²) in [5.74, 6) is -0.626. The minimum atomic E-state index is -0.554. The van der Waals surface area contributed by atoms with Gasteiger partial charge in [-0.05, 0) is 25.0 Å². The van der Waals surface area contributed by atoms with Crippen molar-refractivity contribution in [1.29, 1.82) is 0 Å². The van der Waals surface area contributed by atoms with E-state index in [1.165, 1.54) is 16.7 Å². The lowest BCUT2D eigenvalue weighted by Crippen LogP contribution is -2.35. The van der Waals surface area contributed by atoms with Crippen molar-refractivity contribution in [2.75, 3.05) is 26.5 Å². The average Bonchev–Trinajstić information content (AvgIpc) is 3.10. The van der Waals surface area contributed by atoms with Gasteiger partial charge < -0.3 is 15.0 Å². The number of amides is 2. The monoisotopic (exact) mass is 364 g/mol. The molecule has 0 aliphatic heterocycles. The van der Waals surface area contributed by atoms with Crippen LogP contribution in [-0.4, -0.2) is 55.2 Å². The molecule has 1 aromatic rings. The summed E-state index contributed by atoms with van der Waals surface area (Å²) in [4.78, 5) is 38.0. The van der Waals surface area contributed by atoms with E-state index in [-0.39, 0.29) is 30.2 Å². The van der Waals surface area contributed by atoms with Gasteiger partial charge in [0.1, 0.15) is 0 Å². The zero-order valence-corrected chi connectivity index (χ0v) is 15.4. The van der Waals surface area contributed by atoms with E-state index in [0.29, 0.717) is 10.5 Å². The summed E-state index contributed by atoms with van der Waals surface area (Å²) >= 11 is 1.28. The number of hydrogen-bond donors (Lipinski definition) is 1. The predicted molar refractivity (Wildman–Crippen MR) is 96.5 cm³/mol. The van der Waals surface area contributed by atoms with Crippen molar-refractivity contribution in [3.05, 3.63) is 29.8 Å². The number of benzene rings is 1. The highest BCUT2D eigenvalue weighted by molar-refractivity contribution is 8.00. The fourth-order valence-electron chi connectivity index (χ4n) is 2.58. The van der Waals surface area contributed by atoms with E-state index in [0.717, 1.165) is 25.7 Å². The number of thioether (sulfide) groups is 1. The molecular formula is C18H24N2O4S. The molecule has 1 saturated carbocycles. The summed E-state index contributed by atoms with van der Waals surface area (Å²) in [5, 5.41) is 2.88. The SMILES string of the molecule is CN(C)C(=O)CSc1ccccc1C(=O)OCC(=O)NC1CCCC1. The minimum absolute atomic E-state index is 0.0379. The first kappa shape index (κ1) is 19.3. The molecule has 0 saturated heterocycles. The number of rotatable bonds is 7. The Bertz CT molecular complexity index is 627. The number of ether oxygens (including phenoxy) is 1. The van der Waals surface area contributed by atoms with Gasteiger partial charge in [-0.3, -0.25) is 9.59 Å². The first-order valence-electron chi connectivity index (χ1n) is 8.36. The van der Waals surface area contributed by atoms with Gasteiger partial charge in [0.2, 0.25) is 5.91 Å². The molecule has 0 bridgehead atoms. The topological polar surface area (TPSA) is 75.7 Å². The molecule has 0 heterocycles. The minimum Gasteiger partial charge on any atom is -0.452 e. The van der Waals surface area contributed by atoms with E-state index in [1.807, 2.05) is 0 Å². The van der Waals surface area contributed by atoms with Crippen molar-refractivity contribution in [3.63, 3.8) is 0 Å². The summed E-state index contributed by atoms with van der Waals surface area (Å²) in [6.07, 6.45) is 4.22. The quantitative estimate of drug-likeness (QED) is 0.592. The van der Waals surface area contributed by atoms with Crippen molar-refractivity contribution >= 4 is 29.5 Å². The third-order valence-electron chi connectivity index (χ3n) is 4.01. The molecule has 0 unspecified atom stereocenters. The van der Waals surface area contributed by atoms with Gasteiger partial charge >= 0.3 is 5.97 Å². The summed E-state index contributed by atoms with van der Waals surface area (Å²) < 4.78 is 5.14. The summed E-state index contributed by atoms with van der Waals surface area (Å²) in [6, 6.07) is 7.13. The summed E-state index contributed by atoms with van der Waals surface area (Å²) in [7, 11) is 3.37. The third-order valence-corrected chi connectivity index (χ3v) is 5.07. The number of esters is 1. The van der Waals surface area contributed by atoms with E-state index in [1.54, 1.807) is 38.4 Å². The number of carbonyl (C=O) groups is 3. The van der Waals surface area contributed by atoms with Gasteiger partial charge in [-0.15, -0.1) is 11.8 Å². The number of nitrogens with one attached hydrogen (secondary N) is 1. The summed E-state index contributed by atoms with van der Waals surface area (Å²) in [5.41, 5.74) is 0.368. The number of nitrogens with zero attached hydrogens (tertiary/aromatic N) is 1. The van der Waals surface area contributed by atoms with Gasteiger partial charge in [0.15, 0.2) is 6.61 Å². The second-order valence-corrected chi connectivity index (χ2v) is 7.22. The van der Waals surface area contributed by atoms with E-state index in [9.17, 15) is 14.4 Å². The van der Waals surface area contributed by atoms with Gasteiger partial charge in [-0.2, -0.15) is 0 Å². The Balaban J connectivity index is 1.87. The van der Waals surface area contributed by atoms with E-state index in [2.05, 4.69) is 5.32 Å². The van der Waals surface area contributed by atoms with Gasteiger partial charge in [0, 0.05) is 25.0 Å². The first-order chi connectivity index (χ1) is 12.0. The van der Waals surface area contributed by atoms with Crippen LogP contribution in [0.15, 0.2) is 29.2 Å². The molecule has 25 heavy (non-hydrogen) atoms. The molecule has 136 valence electrons. The highest BCUT2D eigenvalue weighted by atomic mass is 32.2. The molecule has 7 heteroatoms. The van der Waals surface area contributed by atoms with E-state index >= 15 is 0 Å². The zero-order chi connectivity index (χ0) is 18.2.